The smallest absolute Gasteiger partial charge is 0.335 e. The van der Waals surface area contributed by atoms with E-state index in [1.165, 1.54) is 0 Å². The van der Waals surface area contributed by atoms with Gasteiger partial charge in [0.1, 0.15) is 22.3 Å². The molecule has 3 heterocycles. The third-order valence-corrected chi connectivity index (χ3v) is 5.87. The molecule has 0 aliphatic carbocycles. The summed E-state index contributed by atoms with van der Waals surface area (Å²) in [6, 6.07) is 9.61. The van der Waals surface area contributed by atoms with E-state index in [2.05, 4.69) is 15.0 Å². The molecule has 0 saturated heterocycles. The number of aromatic nitrogens is 2. The molecule has 33 heavy (non-hydrogen) atoms. The number of aromatic amines is 1. The summed E-state index contributed by atoms with van der Waals surface area (Å²) < 4.78 is 33.2. The quantitative estimate of drug-likeness (QED) is 0.498. The summed E-state index contributed by atoms with van der Waals surface area (Å²) in [5.74, 6) is 1.82. The molecule has 0 saturated carbocycles. The van der Waals surface area contributed by atoms with Gasteiger partial charge >= 0.3 is 17.5 Å². The first-order valence-electron chi connectivity index (χ1n) is 10.1. The highest BCUT2D eigenvalue weighted by Gasteiger charge is 2.25. The summed E-state index contributed by atoms with van der Waals surface area (Å²) >= 11 is 0.842. The molecule has 1 aliphatic rings. The third-order valence-electron chi connectivity index (χ3n) is 4.65. The molecule has 1 unspecified atom stereocenters. The van der Waals surface area contributed by atoms with Gasteiger partial charge < -0.3 is 19.2 Å². The summed E-state index contributed by atoms with van der Waals surface area (Å²) in [5.41, 5.74) is 2.70. The van der Waals surface area contributed by atoms with E-state index < -0.39 is 11.6 Å². The normalized spacial score (nSPS) is 14.8. The van der Waals surface area contributed by atoms with Crippen LogP contribution in [0, 0.1) is 6.92 Å². The maximum atomic E-state index is 11.7. The number of aliphatic imine (C=N–C) groups is 1. The van der Waals surface area contributed by atoms with Crippen molar-refractivity contribution in [1.82, 2.24) is 9.97 Å². The second-order valence-corrected chi connectivity index (χ2v) is 8.40. The first-order valence-corrected chi connectivity index (χ1v) is 11.6. The fraction of sp³-hybridized carbons (Fsp3) is 0.318. The highest BCUT2D eigenvalue weighted by Crippen LogP contribution is 2.36. The Balaban J connectivity index is 0.000000968. The molecule has 11 heteroatoms. The molecule has 174 valence electrons. The van der Waals surface area contributed by atoms with Crippen molar-refractivity contribution in [1.29, 1.82) is 0 Å². The van der Waals surface area contributed by atoms with Crippen LogP contribution < -0.4 is 9.47 Å². The fourth-order valence-corrected chi connectivity index (χ4v) is 4.32. The number of rotatable bonds is 7. The molecule has 1 N–H and O–H groups in total. The van der Waals surface area contributed by atoms with E-state index in [0.29, 0.717) is 36.8 Å². The van der Waals surface area contributed by atoms with Crippen LogP contribution in [0.25, 0.3) is 10.9 Å². The summed E-state index contributed by atoms with van der Waals surface area (Å²) in [7, 11) is 1.63. The lowest BCUT2D eigenvalue weighted by Gasteiger charge is -2.08. The van der Waals surface area contributed by atoms with E-state index in [1.807, 2.05) is 44.2 Å². The van der Waals surface area contributed by atoms with Crippen molar-refractivity contribution in [2.75, 3.05) is 20.3 Å². The largest absolute Gasteiger partial charge is 0.494 e. The zero-order valence-corrected chi connectivity index (χ0v) is 20.0. The topological polar surface area (TPSA) is 120 Å². The fourth-order valence-electron chi connectivity index (χ4n) is 3.25. The highest BCUT2D eigenvalue weighted by atomic mass is 32.2. The van der Waals surface area contributed by atoms with Crippen LogP contribution in [0.2, 0.25) is 0 Å². The van der Waals surface area contributed by atoms with Gasteiger partial charge in [-0.1, -0.05) is 11.8 Å². The van der Waals surface area contributed by atoms with Gasteiger partial charge in [0.15, 0.2) is 0 Å². The predicted octanol–water partition coefficient (Wildman–Crippen LogP) is 3.82. The average molecular weight is 490 g/mol. The monoisotopic (exact) mass is 489 g/mol. The first kappa shape index (κ1) is 24.5. The van der Waals surface area contributed by atoms with Crippen LogP contribution in [-0.2, 0) is 21.1 Å². The van der Waals surface area contributed by atoms with Crippen molar-refractivity contribution >= 4 is 45.2 Å². The lowest BCUT2D eigenvalue weighted by Crippen LogP contribution is -2.14. The molecule has 3 aromatic rings. The first-order chi connectivity index (χ1) is 16.0. The van der Waals surface area contributed by atoms with Crippen molar-refractivity contribution in [3.8, 4) is 17.2 Å². The number of ether oxygens (including phenoxy) is 3. The minimum atomic E-state index is -0.750. The number of esters is 1. The van der Waals surface area contributed by atoms with Gasteiger partial charge in [0.25, 0.3) is 0 Å². The van der Waals surface area contributed by atoms with Crippen LogP contribution in [0.3, 0.4) is 0 Å². The molecule has 0 amide bonds. The Labute approximate surface area is 198 Å². The molecule has 1 aliphatic heterocycles. The SMILES string of the molecule is CCOC(=O)CC1CN=C(c2cc3cc(Oc4ccc(C)nc4)cc(OC)c3[nH]2)S1.O=S=O. The van der Waals surface area contributed by atoms with Crippen LogP contribution in [0.5, 0.6) is 17.2 Å². The molecule has 0 spiro atoms. The van der Waals surface area contributed by atoms with Gasteiger partial charge in [0, 0.05) is 22.4 Å². The number of nitrogens with one attached hydrogen (secondary N) is 1. The number of nitrogens with zero attached hydrogens (tertiary/aromatic N) is 2. The number of carbonyl (C=O) groups is 1. The summed E-state index contributed by atoms with van der Waals surface area (Å²) in [6.07, 6.45) is 2.06. The van der Waals surface area contributed by atoms with Gasteiger partial charge in [-0.15, -0.1) is 0 Å². The van der Waals surface area contributed by atoms with Crippen molar-refractivity contribution in [2.45, 2.75) is 25.5 Å². The minimum absolute atomic E-state index is 0.0975. The number of aryl methyl sites for hydroxylation is 1. The highest BCUT2D eigenvalue weighted by molar-refractivity contribution is 8.15. The summed E-state index contributed by atoms with van der Waals surface area (Å²) in [4.78, 5) is 24.0. The van der Waals surface area contributed by atoms with E-state index in [9.17, 15) is 4.79 Å². The Kier molecular flexibility index (Phi) is 8.61. The molecule has 4 rings (SSSR count). The molecule has 1 atom stereocenters. The number of H-pyrrole nitrogens is 1. The Morgan fingerprint density at radius 3 is 2.70 bits per heavy atom. The van der Waals surface area contributed by atoms with Crippen molar-refractivity contribution < 1.29 is 27.4 Å². The average Bonchev–Trinajstić information content (AvgIpc) is 3.42. The zero-order valence-electron chi connectivity index (χ0n) is 18.3. The second kappa shape index (κ2) is 11.6. The maximum absolute atomic E-state index is 11.7. The van der Waals surface area contributed by atoms with Crippen LogP contribution in [0.4, 0.5) is 0 Å². The molecule has 2 aromatic heterocycles. The molecular formula is C22H23N3O6S2. The van der Waals surface area contributed by atoms with E-state index in [0.717, 1.165) is 27.3 Å². The summed E-state index contributed by atoms with van der Waals surface area (Å²) in [6.45, 7) is 4.74. The number of fused-ring (bicyclic) bond motifs is 1. The van der Waals surface area contributed by atoms with Crippen LogP contribution in [0.15, 0.2) is 41.5 Å². The van der Waals surface area contributed by atoms with Gasteiger partial charge in [0.2, 0.25) is 0 Å². The Bertz CT molecular complexity index is 1190. The van der Waals surface area contributed by atoms with E-state index in [-0.39, 0.29) is 11.2 Å². The standard InChI is InChI=1S/C22H23N3O4S.O2S/c1-4-28-20(26)10-17-12-24-22(30-17)18-8-14-7-16(9-19(27-3)21(14)25-18)29-15-6-5-13(2)23-11-15;1-3-2/h5-9,11,17,25H,4,10,12H2,1-3H3;. The number of hydrogen-bond acceptors (Lipinski definition) is 9. The zero-order chi connectivity index (χ0) is 23.8. The Morgan fingerprint density at radius 2 is 2.03 bits per heavy atom. The Morgan fingerprint density at radius 1 is 1.24 bits per heavy atom. The molecule has 0 bridgehead atoms. The number of pyridine rings is 1. The summed E-state index contributed by atoms with van der Waals surface area (Å²) in [5, 5.41) is 1.93. The van der Waals surface area contributed by atoms with E-state index >= 15 is 0 Å². The number of carbonyl (C=O) groups excluding carboxylic acids is 1. The van der Waals surface area contributed by atoms with Crippen molar-refractivity contribution in [3.63, 3.8) is 0 Å². The molecule has 0 fully saturated rings. The number of thioether (sulfide) groups is 1. The lowest BCUT2D eigenvalue weighted by molar-refractivity contribution is -0.143. The van der Waals surface area contributed by atoms with Gasteiger partial charge in [-0.2, -0.15) is 8.42 Å². The van der Waals surface area contributed by atoms with E-state index in [1.54, 1.807) is 25.1 Å². The van der Waals surface area contributed by atoms with Gasteiger partial charge in [-0.05, 0) is 38.1 Å². The van der Waals surface area contributed by atoms with Gasteiger partial charge in [-0.25, -0.2) is 0 Å². The van der Waals surface area contributed by atoms with Gasteiger partial charge in [-0.3, -0.25) is 14.8 Å². The lowest BCUT2D eigenvalue weighted by atomic mass is 10.2. The maximum Gasteiger partial charge on any atom is 0.335 e. The molecule has 9 nitrogen and oxygen atoms in total. The molecular weight excluding hydrogens is 466 g/mol. The Hall–Kier alpha value is -3.18. The second-order valence-electron chi connectivity index (χ2n) is 6.97. The van der Waals surface area contributed by atoms with Gasteiger partial charge in [0.05, 0.1) is 44.1 Å². The van der Waals surface area contributed by atoms with Crippen LogP contribution >= 0.6 is 11.8 Å². The van der Waals surface area contributed by atoms with Crippen LogP contribution in [0.1, 0.15) is 24.7 Å². The number of hydrogen-bond donors (Lipinski definition) is 1. The number of methoxy groups -OCH3 is 1. The van der Waals surface area contributed by atoms with Crippen molar-refractivity contribution in [2.24, 2.45) is 4.99 Å². The molecule has 1 aromatic carbocycles. The van der Waals surface area contributed by atoms with E-state index in [4.69, 9.17) is 22.6 Å². The predicted molar refractivity (Wildman–Crippen MR) is 127 cm³/mol. The van der Waals surface area contributed by atoms with Crippen molar-refractivity contribution in [3.05, 3.63) is 47.9 Å². The number of benzene rings is 1. The van der Waals surface area contributed by atoms with Crippen LogP contribution in [-0.4, -0.2) is 54.9 Å². The minimum Gasteiger partial charge on any atom is -0.494 e. The molecule has 0 radical (unpaired) electrons. The third kappa shape index (κ3) is 6.42.